The number of aromatic carboxylic acids is 1. The molecule has 1 N–H and O–H groups in total. The van der Waals surface area contributed by atoms with Gasteiger partial charge in [-0.05, 0) is 12.1 Å². The number of rotatable bonds is 4. The summed E-state index contributed by atoms with van der Waals surface area (Å²) in [5.41, 5.74) is 0.704. The highest BCUT2D eigenvalue weighted by Gasteiger charge is 2.18. The molecule has 0 fully saturated rings. The number of fused-ring (bicyclic) bond motifs is 1. The fraction of sp³-hybridized carbons (Fsp3) is 0.333. The first-order valence-electron chi connectivity index (χ1n) is 5.54. The Bertz CT molecular complexity index is 593. The molecular weight excluding hydrogens is 242 g/mol. The number of para-hydroxylation sites is 1. The second kappa shape index (κ2) is 4.72. The fourth-order valence-electron chi connectivity index (χ4n) is 2.01. The van der Waals surface area contributed by atoms with Crippen molar-refractivity contribution in [1.82, 2.24) is 9.55 Å². The maximum atomic E-state index is 12.6. The van der Waals surface area contributed by atoms with Crippen molar-refractivity contribution in [2.75, 3.05) is 0 Å². The lowest BCUT2D eigenvalue weighted by Gasteiger charge is -2.08. The van der Waals surface area contributed by atoms with Crippen LogP contribution in [-0.2, 0) is 13.0 Å². The summed E-state index contributed by atoms with van der Waals surface area (Å²) in [4.78, 5) is 15.3. The summed E-state index contributed by atoms with van der Waals surface area (Å²) in [7, 11) is 0. The van der Waals surface area contributed by atoms with E-state index in [0.29, 0.717) is 17.8 Å². The fourth-order valence-corrected chi connectivity index (χ4v) is 2.01. The molecule has 0 saturated carbocycles. The molecule has 0 bridgehead atoms. The van der Waals surface area contributed by atoms with Gasteiger partial charge in [0.1, 0.15) is 5.82 Å². The average Bonchev–Trinajstić information content (AvgIpc) is 2.66. The molecule has 1 aromatic carbocycles. The summed E-state index contributed by atoms with van der Waals surface area (Å²) in [5.74, 6) is -0.669. The second-order valence-corrected chi connectivity index (χ2v) is 3.86. The van der Waals surface area contributed by atoms with Gasteiger partial charge in [0, 0.05) is 6.42 Å². The van der Waals surface area contributed by atoms with Gasteiger partial charge in [-0.2, -0.15) is 0 Å². The van der Waals surface area contributed by atoms with Crippen molar-refractivity contribution >= 4 is 17.0 Å². The Kier molecular flexibility index (Phi) is 3.27. The van der Waals surface area contributed by atoms with Crippen LogP contribution in [0.2, 0.25) is 0 Å². The zero-order chi connectivity index (χ0) is 13.3. The molecule has 2 rings (SSSR count). The van der Waals surface area contributed by atoms with Crippen molar-refractivity contribution < 1.29 is 18.7 Å². The molecule has 18 heavy (non-hydrogen) atoms. The highest BCUT2D eigenvalue weighted by molar-refractivity contribution is 6.01. The molecule has 6 heteroatoms. The number of carboxylic acids is 1. The quantitative estimate of drug-likeness (QED) is 0.912. The van der Waals surface area contributed by atoms with Crippen molar-refractivity contribution in [2.24, 2.45) is 0 Å². The van der Waals surface area contributed by atoms with E-state index >= 15 is 0 Å². The van der Waals surface area contributed by atoms with Gasteiger partial charge in [0.15, 0.2) is 0 Å². The first-order chi connectivity index (χ1) is 8.54. The van der Waals surface area contributed by atoms with Crippen LogP contribution in [0.4, 0.5) is 8.78 Å². The van der Waals surface area contributed by atoms with Gasteiger partial charge >= 0.3 is 5.97 Å². The molecule has 0 unspecified atom stereocenters. The minimum absolute atomic E-state index is 0.000324. The monoisotopic (exact) mass is 254 g/mol. The van der Waals surface area contributed by atoms with E-state index in [0.717, 1.165) is 0 Å². The van der Waals surface area contributed by atoms with Crippen molar-refractivity contribution in [3.8, 4) is 0 Å². The van der Waals surface area contributed by atoms with Crippen molar-refractivity contribution in [3.63, 3.8) is 0 Å². The van der Waals surface area contributed by atoms with E-state index in [-0.39, 0.29) is 11.1 Å². The zero-order valence-corrected chi connectivity index (χ0v) is 9.73. The lowest BCUT2D eigenvalue weighted by atomic mass is 10.2. The predicted molar refractivity (Wildman–Crippen MR) is 62.1 cm³/mol. The maximum absolute atomic E-state index is 12.6. The number of aromatic nitrogens is 2. The molecule has 0 aliphatic rings. The van der Waals surface area contributed by atoms with Crippen LogP contribution in [0, 0.1) is 0 Å². The van der Waals surface area contributed by atoms with Gasteiger partial charge in [-0.3, -0.25) is 0 Å². The lowest BCUT2D eigenvalue weighted by Crippen LogP contribution is -2.11. The van der Waals surface area contributed by atoms with Crippen molar-refractivity contribution in [1.29, 1.82) is 0 Å². The van der Waals surface area contributed by atoms with E-state index in [2.05, 4.69) is 4.98 Å². The molecule has 96 valence electrons. The Labute approximate surface area is 102 Å². The summed E-state index contributed by atoms with van der Waals surface area (Å²) >= 11 is 0. The number of halogens is 2. The van der Waals surface area contributed by atoms with E-state index < -0.39 is 18.9 Å². The van der Waals surface area contributed by atoms with E-state index in [1.54, 1.807) is 19.1 Å². The van der Waals surface area contributed by atoms with Gasteiger partial charge in [0.2, 0.25) is 0 Å². The minimum Gasteiger partial charge on any atom is -0.478 e. The standard InChI is InChI=1S/C12H12F2N2O2/c1-2-10-15-8-5-3-4-7(12(17)18)11(8)16(10)6-9(13)14/h3-5,9H,2,6H2,1H3,(H,17,18). The predicted octanol–water partition coefficient (Wildman–Crippen LogP) is 2.56. The molecule has 0 radical (unpaired) electrons. The van der Waals surface area contributed by atoms with Crippen LogP contribution < -0.4 is 0 Å². The Hall–Kier alpha value is -1.98. The lowest BCUT2D eigenvalue weighted by molar-refractivity contribution is 0.0697. The molecule has 4 nitrogen and oxygen atoms in total. The Balaban J connectivity index is 2.73. The van der Waals surface area contributed by atoms with E-state index in [1.807, 2.05) is 0 Å². The average molecular weight is 254 g/mol. The number of carboxylic acid groups (broad SMARTS) is 1. The number of imidazole rings is 1. The zero-order valence-electron chi connectivity index (χ0n) is 9.73. The van der Waals surface area contributed by atoms with Gasteiger partial charge in [0.05, 0.1) is 23.1 Å². The molecular formula is C12H12F2N2O2. The summed E-state index contributed by atoms with van der Waals surface area (Å²) < 4.78 is 26.5. The van der Waals surface area contributed by atoms with Crippen LogP contribution in [0.1, 0.15) is 23.1 Å². The number of carbonyl (C=O) groups is 1. The molecule has 1 heterocycles. The van der Waals surface area contributed by atoms with Gasteiger partial charge in [-0.15, -0.1) is 0 Å². The van der Waals surface area contributed by atoms with E-state index in [1.165, 1.54) is 10.6 Å². The van der Waals surface area contributed by atoms with Crippen LogP contribution in [0.25, 0.3) is 11.0 Å². The van der Waals surface area contributed by atoms with Crippen LogP contribution in [0.15, 0.2) is 18.2 Å². The molecule has 0 aliphatic carbocycles. The SMILES string of the molecule is CCc1nc2cccc(C(=O)O)c2n1CC(F)F. The first-order valence-corrected chi connectivity index (χ1v) is 5.54. The number of hydrogen-bond acceptors (Lipinski definition) is 2. The van der Waals surface area contributed by atoms with Crippen molar-refractivity contribution in [3.05, 3.63) is 29.6 Å². The molecule has 1 aromatic heterocycles. The molecule has 0 spiro atoms. The smallest absolute Gasteiger partial charge is 0.337 e. The Morgan fingerprint density at radius 1 is 1.50 bits per heavy atom. The third-order valence-corrected chi connectivity index (χ3v) is 2.71. The second-order valence-electron chi connectivity index (χ2n) is 3.86. The largest absolute Gasteiger partial charge is 0.478 e. The molecule has 0 aliphatic heterocycles. The number of nitrogens with zero attached hydrogens (tertiary/aromatic N) is 2. The number of benzene rings is 1. The summed E-state index contributed by atoms with van der Waals surface area (Å²) in [6.07, 6.45) is -2.07. The van der Waals surface area contributed by atoms with Gasteiger partial charge in [0.25, 0.3) is 6.43 Å². The molecule has 0 amide bonds. The van der Waals surface area contributed by atoms with Crippen LogP contribution in [-0.4, -0.2) is 27.1 Å². The Morgan fingerprint density at radius 3 is 2.78 bits per heavy atom. The Morgan fingerprint density at radius 2 is 2.22 bits per heavy atom. The van der Waals surface area contributed by atoms with E-state index in [9.17, 15) is 13.6 Å². The van der Waals surface area contributed by atoms with Crippen LogP contribution >= 0.6 is 0 Å². The third-order valence-electron chi connectivity index (χ3n) is 2.71. The van der Waals surface area contributed by atoms with Gasteiger partial charge in [-0.25, -0.2) is 18.6 Å². The normalized spacial score (nSPS) is 11.3. The highest BCUT2D eigenvalue weighted by atomic mass is 19.3. The van der Waals surface area contributed by atoms with Crippen LogP contribution in [0.5, 0.6) is 0 Å². The number of aryl methyl sites for hydroxylation is 1. The number of hydrogen-bond donors (Lipinski definition) is 1. The van der Waals surface area contributed by atoms with Crippen molar-refractivity contribution in [2.45, 2.75) is 26.3 Å². The molecule has 0 atom stereocenters. The third kappa shape index (κ3) is 2.05. The topological polar surface area (TPSA) is 55.1 Å². The minimum atomic E-state index is -2.55. The van der Waals surface area contributed by atoms with Gasteiger partial charge < -0.3 is 9.67 Å². The highest BCUT2D eigenvalue weighted by Crippen LogP contribution is 2.22. The molecule has 2 aromatic rings. The first kappa shape index (κ1) is 12.5. The summed E-state index contributed by atoms with van der Waals surface area (Å²) in [6.45, 7) is 1.26. The maximum Gasteiger partial charge on any atom is 0.337 e. The van der Waals surface area contributed by atoms with E-state index in [4.69, 9.17) is 5.11 Å². The molecule has 0 saturated heterocycles. The summed E-state index contributed by atoms with van der Waals surface area (Å²) in [6, 6.07) is 4.58. The number of alkyl halides is 2. The summed E-state index contributed by atoms with van der Waals surface area (Å²) in [5, 5.41) is 9.09. The van der Waals surface area contributed by atoms with Gasteiger partial charge in [-0.1, -0.05) is 13.0 Å². The van der Waals surface area contributed by atoms with Crippen LogP contribution in [0.3, 0.4) is 0 Å².